The lowest BCUT2D eigenvalue weighted by Crippen LogP contribution is -2.52. The molecule has 0 aliphatic rings. The highest BCUT2D eigenvalue weighted by molar-refractivity contribution is 5.90. The first kappa shape index (κ1) is 17.6. The zero-order valence-electron chi connectivity index (χ0n) is 12.5. The fourth-order valence-electron chi connectivity index (χ4n) is 1.80. The van der Waals surface area contributed by atoms with Crippen molar-refractivity contribution in [3.63, 3.8) is 0 Å². The standard InChI is InChI=1S/C14H20N4O4/c1-9(15)13(21)17-11(6-10-4-3-5-16-7-10)14(22)18(2)8-12(19)20/h3-5,7,9,11H,6,8,15H2,1-2H3,(H,17,21)(H,19,20)/t9-,11-/m0/s1. The summed E-state index contributed by atoms with van der Waals surface area (Å²) in [6, 6.07) is 1.81. The third-order valence-corrected chi connectivity index (χ3v) is 2.94. The van der Waals surface area contributed by atoms with Gasteiger partial charge in [0.05, 0.1) is 6.04 Å². The number of hydrogen-bond acceptors (Lipinski definition) is 5. The van der Waals surface area contributed by atoms with Gasteiger partial charge in [0.1, 0.15) is 12.6 Å². The number of nitrogens with one attached hydrogen (secondary N) is 1. The molecule has 2 atom stereocenters. The Balaban J connectivity index is 2.87. The fourth-order valence-corrected chi connectivity index (χ4v) is 1.80. The Hall–Kier alpha value is -2.48. The molecule has 0 spiro atoms. The summed E-state index contributed by atoms with van der Waals surface area (Å²) in [5, 5.41) is 11.3. The minimum absolute atomic E-state index is 0.203. The Morgan fingerprint density at radius 1 is 1.45 bits per heavy atom. The number of carbonyl (C=O) groups is 3. The Morgan fingerprint density at radius 3 is 2.64 bits per heavy atom. The van der Waals surface area contributed by atoms with E-state index in [1.54, 1.807) is 24.5 Å². The van der Waals surface area contributed by atoms with Crippen LogP contribution in [0.5, 0.6) is 0 Å². The van der Waals surface area contributed by atoms with E-state index in [1.165, 1.54) is 14.0 Å². The van der Waals surface area contributed by atoms with Crippen molar-refractivity contribution in [2.75, 3.05) is 13.6 Å². The summed E-state index contributed by atoms with van der Waals surface area (Å²) < 4.78 is 0. The minimum Gasteiger partial charge on any atom is -0.480 e. The molecule has 0 aliphatic heterocycles. The number of carboxylic acid groups (broad SMARTS) is 1. The molecular formula is C14H20N4O4. The lowest BCUT2D eigenvalue weighted by Gasteiger charge is -2.24. The summed E-state index contributed by atoms with van der Waals surface area (Å²) in [4.78, 5) is 39.8. The zero-order valence-corrected chi connectivity index (χ0v) is 12.5. The predicted octanol–water partition coefficient (Wildman–Crippen LogP) is -1.00. The number of nitrogens with zero attached hydrogens (tertiary/aromatic N) is 2. The van der Waals surface area contributed by atoms with Crippen LogP contribution in [0.3, 0.4) is 0 Å². The summed E-state index contributed by atoms with van der Waals surface area (Å²) in [6.07, 6.45) is 3.38. The van der Waals surface area contributed by atoms with Crippen LogP contribution in [-0.4, -0.2) is 58.5 Å². The van der Waals surface area contributed by atoms with Crippen molar-refractivity contribution < 1.29 is 19.5 Å². The topological polar surface area (TPSA) is 126 Å². The number of rotatable bonds is 7. The molecule has 0 aliphatic carbocycles. The lowest BCUT2D eigenvalue weighted by molar-refractivity contribution is -0.144. The molecule has 0 radical (unpaired) electrons. The number of carboxylic acids is 1. The van der Waals surface area contributed by atoms with E-state index in [2.05, 4.69) is 10.3 Å². The summed E-state index contributed by atoms with van der Waals surface area (Å²) in [5.41, 5.74) is 6.24. The molecule has 8 heteroatoms. The van der Waals surface area contributed by atoms with Gasteiger partial charge < -0.3 is 21.1 Å². The minimum atomic E-state index is -1.13. The monoisotopic (exact) mass is 308 g/mol. The van der Waals surface area contributed by atoms with Crippen LogP contribution < -0.4 is 11.1 Å². The Labute approximate surface area is 128 Å². The van der Waals surface area contributed by atoms with Gasteiger partial charge in [-0.1, -0.05) is 6.07 Å². The molecule has 4 N–H and O–H groups in total. The maximum atomic E-state index is 12.3. The second kappa shape index (κ2) is 8.08. The van der Waals surface area contributed by atoms with E-state index >= 15 is 0 Å². The van der Waals surface area contributed by atoms with Crippen molar-refractivity contribution in [2.45, 2.75) is 25.4 Å². The molecule has 1 aromatic rings. The van der Waals surface area contributed by atoms with Crippen molar-refractivity contribution in [1.82, 2.24) is 15.2 Å². The number of likely N-dealkylation sites (N-methyl/N-ethyl adjacent to an activating group) is 1. The molecule has 0 fully saturated rings. The Morgan fingerprint density at radius 2 is 2.14 bits per heavy atom. The molecule has 0 aromatic carbocycles. The molecule has 8 nitrogen and oxygen atoms in total. The number of carbonyl (C=O) groups excluding carboxylic acids is 2. The van der Waals surface area contributed by atoms with E-state index in [0.29, 0.717) is 0 Å². The van der Waals surface area contributed by atoms with Crippen LogP contribution in [0.25, 0.3) is 0 Å². The van der Waals surface area contributed by atoms with Crippen LogP contribution in [0.2, 0.25) is 0 Å². The van der Waals surface area contributed by atoms with Gasteiger partial charge in [-0.25, -0.2) is 0 Å². The molecule has 1 heterocycles. The van der Waals surface area contributed by atoms with E-state index in [9.17, 15) is 14.4 Å². The number of amides is 2. The average Bonchev–Trinajstić information content (AvgIpc) is 2.45. The third kappa shape index (κ3) is 5.49. The maximum Gasteiger partial charge on any atom is 0.323 e. The van der Waals surface area contributed by atoms with Crippen LogP contribution in [0.1, 0.15) is 12.5 Å². The summed E-state index contributed by atoms with van der Waals surface area (Å²) in [6.45, 7) is 1.05. The van der Waals surface area contributed by atoms with Gasteiger partial charge in [-0.05, 0) is 18.6 Å². The number of aliphatic carboxylic acids is 1. The van der Waals surface area contributed by atoms with Gasteiger partial charge in [-0.15, -0.1) is 0 Å². The molecule has 0 unspecified atom stereocenters. The number of pyridine rings is 1. The molecule has 1 aromatic heterocycles. The number of nitrogens with two attached hydrogens (primary N) is 1. The normalized spacial score (nSPS) is 13.0. The van der Waals surface area contributed by atoms with E-state index in [1.807, 2.05) is 0 Å². The smallest absolute Gasteiger partial charge is 0.323 e. The largest absolute Gasteiger partial charge is 0.480 e. The third-order valence-electron chi connectivity index (χ3n) is 2.94. The highest BCUT2D eigenvalue weighted by Gasteiger charge is 2.26. The fraction of sp³-hybridized carbons (Fsp3) is 0.429. The number of hydrogen-bond donors (Lipinski definition) is 3. The molecule has 2 amide bonds. The summed E-state index contributed by atoms with van der Waals surface area (Å²) >= 11 is 0. The van der Waals surface area contributed by atoms with E-state index < -0.39 is 36.4 Å². The van der Waals surface area contributed by atoms with Crippen molar-refractivity contribution in [3.05, 3.63) is 30.1 Å². The maximum absolute atomic E-state index is 12.3. The molecular weight excluding hydrogens is 288 g/mol. The predicted molar refractivity (Wildman–Crippen MR) is 78.8 cm³/mol. The first-order valence-electron chi connectivity index (χ1n) is 6.73. The van der Waals surface area contributed by atoms with Crippen LogP contribution in [0.15, 0.2) is 24.5 Å². The van der Waals surface area contributed by atoms with E-state index in [4.69, 9.17) is 10.8 Å². The number of aromatic nitrogens is 1. The Bertz CT molecular complexity index is 533. The van der Waals surface area contributed by atoms with Gasteiger partial charge >= 0.3 is 5.97 Å². The van der Waals surface area contributed by atoms with Gasteiger partial charge in [-0.3, -0.25) is 19.4 Å². The van der Waals surface area contributed by atoms with Gasteiger partial charge in [0.15, 0.2) is 0 Å². The van der Waals surface area contributed by atoms with Crippen LogP contribution >= 0.6 is 0 Å². The highest BCUT2D eigenvalue weighted by atomic mass is 16.4. The van der Waals surface area contributed by atoms with Gasteiger partial charge in [0, 0.05) is 25.9 Å². The van der Waals surface area contributed by atoms with Gasteiger partial charge in [0.25, 0.3) is 0 Å². The SMILES string of the molecule is C[C@H](N)C(=O)N[C@@H](Cc1cccnc1)C(=O)N(C)CC(=O)O. The highest BCUT2D eigenvalue weighted by Crippen LogP contribution is 2.05. The van der Waals surface area contributed by atoms with Gasteiger partial charge in [-0.2, -0.15) is 0 Å². The first-order valence-corrected chi connectivity index (χ1v) is 6.73. The first-order chi connectivity index (χ1) is 10.3. The van der Waals surface area contributed by atoms with Crippen LogP contribution in [0.4, 0.5) is 0 Å². The van der Waals surface area contributed by atoms with Crippen molar-refractivity contribution in [1.29, 1.82) is 0 Å². The van der Waals surface area contributed by atoms with Crippen molar-refractivity contribution in [3.8, 4) is 0 Å². The summed E-state index contributed by atoms with van der Waals surface area (Å²) in [5.74, 6) is -2.11. The Kier molecular flexibility index (Phi) is 6.46. The van der Waals surface area contributed by atoms with Crippen molar-refractivity contribution >= 4 is 17.8 Å². The molecule has 1 rings (SSSR count). The second-order valence-corrected chi connectivity index (χ2v) is 5.00. The van der Waals surface area contributed by atoms with E-state index in [-0.39, 0.29) is 6.42 Å². The van der Waals surface area contributed by atoms with Gasteiger partial charge in [0.2, 0.25) is 11.8 Å². The molecule has 0 bridgehead atoms. The average molecular weight is 308 g/mol. The molecule has 0 saturated carbocycles. The lowest BCUT2D eigenvalue weighted by atomic mass is 10.1. The van der Waals surface area contributed by atoms with E-state index in [0.717, 1.165) is 10.5 Å². The van der Waals surface area contributed by atoms with Crippen LogP contribution in [0, 0.1) is 0 Å². The molecule has 22 heavy (non-hydrogen) atoms. The van der Waals surface area contributed by atoms with Crippen molar-refractivity contribution in [2.24, 2.45) is 5.73 Å². The summed E-state index contributed by atoms with van der Waals surface area (Å²) in [7, 11) is 1.37. The van der Waals surface area contributed by atoms with Crippen LogP contribution in [-0.2, 0) is 20.8 Å². The second-order valence-electron chi connectivity index (χ2n) is 5.00. The zero-order chi connectivity index (χ0) is 16.7. The molecule has 0 saturated heterocycles. The molecule has 120 valence electrons. The quantitative estimate of drug-likeness (QED) is 0.593.